The molecule has 0 saturated carbocycles. The Kier molecular flexibility index (Phi) is 10.6. The van der Waals surface area contributed by atoms with Crippen LogP contribution in [0.1, 0.15) is 45.7 Å². The number of benzene rings is 2. The number of amides is 2. The van der Waals surface area contributed by atoms with E-state index in [1.807, 2.05) is 38.1 Å². The Labute approximate surface area is 241 Å². The van der Waals surface area contributed by atoms with Crippen LogP contribution in [0.4, 0.5) is 10.5 Å². The second-order valence-electron chi connectivity index (χ2n) is 11.5. The number of methoxy groups -OCH3 is 1. The van der Waals surface area contributed by atoms with Gasteiger partial charge in [0.2, 0.25) is 5.91 Å². The van der Waals surface area contributed by atoms with E-state index in [-0.39, 0.29) is 43.1 Å². The van der Waals surface area contributed by atoms with Crippen molar-refractivity contribution in [3.8, 4) is 11.5 Å². The molecule has 11 heteroatoms. The van der Waals surface area contributed by atoms with Gasteiger partial charge in [-0.15, -0.1) is 0 Å². The Hall–Kier alpha value is -3.86. The molecule has 224 valence electrons. The van der Waals surface area contributed by atoms with Crippen molar-refractivity contribution in [3.63, 3.8) is 0 Å². The molecule has 1 aliphatic heterocycles. The normalized spacial score (nSPS) is 18.2. The lowest BCUT2D eigenvalue weighted by molar-refractivity contribution is -0.384. The topological polar surface area (TPSA) is 121 Å². The maximum Gasteiger partial charge on any atom is 0.410 e. The van der Waals surface area contributed by atoms with E-state index in [9.17, 15) is 19.7 Å². The van der Waals surface area contributed by atoms with Gasteiger partial charge in [-0.05, 0) is 51.5 Å². The molecule has 3 atom stereocenters. The smallest absolute Gasteiger partial charge is 0.410 e. The molecule has 1 heterocycles. The van der Waals surface area contributed by atoms with Crippen LogP contribution in [-0.2, 0) is 27.3 Å². The Bertz CT molecular complexity index is 1210. The van der Waals surface area contributed by atoms with E-state index < -0.39 is 22.7 Å². The summed E-state index contributed by atoms with van der Waals surface area (Å²) in [6.45, 7) is 10.4. The van der Waals surface area contributed by atoms with E-state index in [0.29, 0.717) is 24.5 Å². The number of hydrogen-bond donors (Lipinski definition) is 0. The molecule has 2 aromatic carbocycles. The molecule has 11 nitrogen and oxygen atoms in total. The summed E-state index contributed by atoms with van der Waals surface area (Å²) in [5, 5.41) is 11.5. The van der Waals surface area contributed by atoms with E-state index >= 15 is 0 Å². The lowest BCUT2D eigenvalue weighted by atomic mass is 10.0. The van der Waals surface area contributed by atoms with Crippen LogP contribution in [-0.4, -0.2) is 78.3 Å². The molecular formula is C30H41N3O8. The van der Waals surface area contributed by atoms with Crippen molar-refractivity contribution in [2.24, 2.45) is 5.92 Å². The molecule has 3 rings (SSSR count). The first kappa shape index (κ1) is 31.7. The van der Waals surface area contributed by atoms with Gasteiger partial charge in [0, 0.05) is 37.2 Å². The molecule has 0 N–H and O–H groups in total. The molecule has 41 heavy (non-hydrogen) atoms. The maximum absolute atomic E-state index is 13.6. The zero-order valence-electron chi connectivity index (χ0n) is 24.9. The van der Waals surface area contributed by atoms with Gasteiger partial charge in [-0.3, -0.25) is 14.9 Å². The van der Waals surface area contributed by atoms with Crippen molar-refractivity contribution < 1.29 is 33.5 Å². The summed E-state index contributed by atoms with van der Waals surface area (Å²) in [5.41, 5.74) is 0.602. The number of carbonyl (C=O) groups is 2. The predicted molar refractivity (Wildman–Crippen MR) is 153 cm³/mol. The zero-order valence-corrected chi connectivity index (χ0v) is 24.9. The van der Waals surface area contributed by atoms with Gasteiger partial charge in [0.1, 0.15) is 23.2 Å². The number of carbonyl (C=O) groups excluding carboxylic acids is 2. The van der Waals surface area contributed by atoms with Gasteiger partial charge in [-0.1, -0.05) is 19.1 Å². The number of fused-ring (bicyclic) bond motifs is 1. The fraction of sp³-hybridized carbons (Fsp3) is 0.533. The molecule has 0 bridgehead atoms. The number of nitro groups is 1. The van der Waals surface area contributed by atoms with E-state index in [1.165, 1.54) is 23.1 Å². The molecule has 0 fully saturated rings. The average Bonchev–Trinajstić information content (AvgIpc) is 2.95. The first-order valence-electron chi connectivity index (χ1n) is 13.7. The van der Waals surface area contributed by atoms with Crippen molar-refractivity contribution in [3.05, 3.63) is 63.7 Å². The number of ether oxygens (including phenoxy) is 4. The Morgan fingerprint density at radius 2 is 1.90 bits per heavy atom. The van der Waals surface area contributed by atoms with Gasteiger partial charge < -0.3 is 28.7 Å². The second kappa shape index (κ2) is 13.7. The molecule has 0 saturated heterocycles. The van der Waals surface area contributed by atoms with Crippen LogP contribution in [0.2, 0.25) is 0 Å². The highest BCUT2D eigenvalue weighted by atomic mass is 16.6. The van der Waals surface area contributed by atoms with Crippen molar-refractivity contribution in [2.45, 2.75) is 65.4 Å². The second-order valence-corrected chi connectivity index (χ2v) is 11.5. The summed E-state index contributed by atoms with van der Waals surface area (Å²) in [7, 11) is 3.24. The standard InChI is InChI=1S/C30H41N3O8/c1-20-16-32(21(2)18-39-19-22-8-11-25(38-7)12-9-22)28(34)15-23-14-24(33(36)37)10-13-26(23)40-27(20)17-31(6)29(35)41-30(3,4)5/h8-14,20-21,27H,15-19H2,1-7H3/t20-,21+,27+/m0/s1. The van der Waals surface area contributed by atoms with E-state index in [2.05, 4.69) is 0 Å². The van der Waals surface area contributed by atoms with Gasteiger partial charge >= 0.3 is 6.09 Å². The fourth-order valence-corrected chi connectivity index (χ4v) is 4.49. The van der Waals surface area contributed by atoms with Crippen LogP contribution >= 0.6 is 0 Å². The third kappa shape index (κ3) is 9.07. The number of rotatable bonds is 9. The van der Waals surface area contributed by atoms with Crippen molar-refractivity contribution in [2.75, 3.05) is 33.9 Å². The molecule has 0 radical (unpaired) electrons. The van der Waals surface area contributed by atoms with E-state index in [0.717, 1.165) is 11.3 Å². The lowest BCUT2D eigenvalue weighted by Crippen LogP contribution is -2.48. The summed E-state index contributed by atoms with van der Waals surface area (Å²) >= 11 is 0. The third-order valence-electron chi connectivity index (χ3n) is 6.79. The summed E-state index contributed by atoms with van der Waals surface area (Å²) in [5.74, 6) is 0.745. The largest absolute Gasteiger partial charge is 0.497 e. The number of nitrogens with zero attached hydrogens (tertiary/aromatic N) is 3. The van der Waals surface area contributed by atoms with Crippen LogP contribution in [0.15, 0.2) is 42.5 Å². The molecule has 2 amide bonds. The third-order valence-corrected chi connectivity index (χ3v) is 6.79. The highest BCUT2D eigenvalue weighted by Crippen LogP contribution is 2.30. The highest BCUT2D eigenvalue weighted by molar-refractivity contribution is 5.80. The van der Waals surface area contributed by atoms with Crippen LogP contribution in [0, 0.1) is 16.0 Å². The average molecular weight is 572 g/mol. The van der Waals surface area contributed by atoms with E-state index in [4.69, 9.17) is 18.9 Å². The molecule has 0 aliphatic carbocycles. The van der Waals surface area contributed by atoms with E-state index in [1.54, 1.807) is 39.8 Å². The minimum Gasteiger partial charge on any atom is -0.497 e. The minimum atomic E-state index is -0.660. The zero-order chi connectivity index (χ0) is 30.3. The molecule has 2 aromatic rings. The number of nitro benzene ring substituents is 1. The van der Waals surface area contributed by atoms with Crippen LogP contribution in [0.3, 0.4) is 0 Å². The van der Waals surface area contributed by atoms with Crippen molar-refractivity contribution >= 4 is 17.7 Å². The SMILES string of the molecule is COc1ccc(COC[C@@H](C)N2C[C@H](C)[C@@H](CN(C)C(=O)OC(C)(C)C)Oc3ccc([N+](=O)[O-])cc3CC2=O)cc1. The highest BCUT2D eigenvalue weighted by Gasteiger charge is 2.33. The molecule has 0 aromatic heterocycles. The van der Waals surface area contributed by atoms with Crippen molar-refractivity contribution in [1.29, 1.82) is 0 Å². The van der Waals surface area contributed by atoms with Crippen LogP contribution < -0.4 is 9.47 Å². The van der Waals surface area contributed by atoms with Crippen LogP contribution in [0.5, 0.6) is 11.5 Å². The Morgan fingerprint density at radius 3 is 2.51 bits per heavy atom. The minimum absolute atomic E-state index is 0.0683. The summed E-state index contributed by atoms with van der Waals surface area (Å²) < 4.78 is 23.0. The first-order chi connectivity index (χ1) is 19.3. The molecule has 0 spiro atoms. The van der Waals surface area contributed by atoms with Gasteiger partial charge in [0.15, 0.2) is 0 Å². The predicted octanol–water partition coefficient (Wildman–Crippen LogP) is 4.84. The Balaban J connectivity index is 1.82. The number of non-ortho nitro benzene ring substituents is 1. The first-order valence-corrected chi connectivity index (χ1v) is 13.7. The molecular weight excluding hydrogens is 530 g/mol. The van der Waals surface area contributed by atoms with Gasteiger partial charge in [-0.25, -0.2) is 4.79 Å². The summed E-state index contributed by atoms with van der Waals surface area (Å²) in [4.78, 5) is 40.5. The van der Waals surface area contributed by atoms with Gasteiger partial charge in [-0.2, -0.15) is 0 Å². The van der Waals surface area contributed by atoms with Gasteiger partial charge in [0.25, 0.3) is 5.69 Å². The Morgan fingerprint density at radius 1 is 1.22 bits per heavy atom. The number of likely N-dealkylation sites (N-methyl/N-ethyl adjacent to an activating group) is 1. The lowest BCUT2D eigenvalue weighted by Gasteiger charge is -2.34. The maximum atomic E-state index is 13.6. The molecule has 0 unspecified atom stereocenters. The van der Waals surface area contributed by atoms with Crippen LogP contribution in [0.25, 0.3) is 0 Å². The van der Waals surface area contributed by atoms with Crippen molar-refractivity contribution in [1.82, 2.24) is 9.80 Å². The molecule has 1 aliphatic rings. The fourth-order valence-electron chi connectivity index (χ4n) is 4.49. The number of hydrogen-bond acceptors (Lipinski definition) is 8. The van der Waals surface area contributed by atoms with Gasteiger partial charge in [0.05, 0.1) is 44.3 Å². The summed E-state index contributed by atoms with van der Waals surface area (Å²) in [6.07, 6.45) is -1.08. The quantitative estimate of drug-likeness (QED) is 0.310. The summed E-state index contributed by atoms with van der Waals surface area (Å²) in [6, 6.07) is 11.5. The monoisotopic (exact) mass is 571 g/mol.